The van der Waals surface area contributed by atoms with Crippen molar-refractivity contribution >= 4 is 11.8 Å². The largest absolute Gasteiger partial charge is 0.353 e. The topological polar surface area (TPSA) is 49.4 Å². The molecule has 0 spiro atoms. The van der Waals surface area contributed by atoms with Gasteiger partial charge in [0, 0.05) is 25.0 Å². The van der Waals surface area contributed by atoms with Crippen LogP contribution in [0.15, 0.2) is 54.6 Å². The van der Waals surface area contributed by atoms with Crippen LogP contribution in [0.5, 0.6) is 0 Å². The summed E-state index contributed by atoms with van der Waals surface area (Å²) in [4.78, 5) is 27.8. The Bertz CT molecular complexity index is 889. The van der Waals surface area contributed by atoms with Crippen molar-refractivity contribution in [2.75, 3.05) is 13.1 Å². The van der Waals surface area contributed by atoms with E-state index >= 15 is 0 Å². The molecule has 4 rings (SSSR count). The molecule has 1 aliphatic heterocycles. The summed E-state index contributed by atoms with van der Waals surface area (Å²) < 4.78 is 0. The number of hydrogen-bond donors (Lipinski definition) is 1. The number of amides is 2. The molecule has 1 saturated heterocycles. The number of hydrogen-bond acceptors (Lipinski definition) is 2. The maximum Gasteiger partial charge on any atom is 0.228 e. The smallest absolute Gasteiger partial charge is 0.228 e. The molecule has 1 N–H and O–H groups in total. The van der Waals surface area contributed by atoms with Crippen molar-refractivity contribution in [2.24, 2.45) is 11.3 Å². The summed E-state index contributed by atoms with van der Waals surface area (Å²) in [6, 6.07) is 18.8. The third-order valence-corrected chi connectivity index (χ3v) is 6.07. The molecule has 0 aromatic heterocycles. The molecule has 2 amide bonds. The predicted octanol–water partition coefficient (Wildman–Crippen LogP) is 4.05. The minimum Gasteiger partial charge on any atom is -0.353 e. The standard InChI is InChI=1S/C25H30N2O2/c1-18(2)26-24(29)25(13-14-27(17-25)23(28)21-11-12-21)16-19-7-6-10-22(15-19)20-8-4-3-5-9-20/h3-10,15,18,21H,11-14,16-17H2,1-2H3,(H,26,29). The van der Waals surface area contributed by atoms with E-state index in [0.717, 1.165) is 30.4 Å². The summed E-state index contributed by atoms with van der Waals surface area (Å²) in [6.07, 6.45) is 3.37. The highest BCUT2D eigenvalue weighted by Crippen LogP contribution is 2.39. The Labute approximate surface area is 173 Å². The molecule has 2 fully saturated rings. The third-order valence-electron chi connectivity index (χ3n) is 6.07. The van der Waals surface area contributed by atoms with Crippen LogP contribution in [0.25, 0.3) is 11.1 Å². The lowest BCUT2D eigenvalue weighted by molar-refractivity contribution is -0.134. The van der Waals surface area contributed by atoms with Crippen molar-refractivity contribution in [2.45, 2.75) is 45.6 Å². The number of carbonyl (C=O) groups is 2. The van der Waals surface area contributed by atoms with E-state index in [2.05, 4.69) is 41.7 Å². The van der Waals surface area contributed by atoms with E-state index in [1.807, 2.05) is 36.9 Å². The normalized spacial score (nSPS) is 21.4. The van der Waals surface area contributed by atoms with Gasteiger partial charge in [-0.1, -0.05) is 54.6 Å². The van der Waals surface area contributed by atoms with Gasteiger partial charge in [0.05, 0.1) is 5.41 Å². The van der Waals surface area contributed by atoms with Gasteiger partial charge in [0.25, 0.3) is 0 Å². The van der Waals surface area contributed by atoms with Gasteiger partial charge in [-0.2, -0.15) is 0 Å². The lowest BCUT2D eigenvalue weighted by Gasteiger charge is -2.29. The van der Waals surface area contributed by atoms with Crippen LogP contribution in [-0.2, 0) is 16.0 Å². The van der Waals surface area contributed by atoms with Gasteiger partial charge in [0.15, 0.2) is 0 Å². The summed E-state index contributed by atoms with van der Waals surface area (Å²) in [5, 5.41) is 3.12. The first kappa shape index (κ1) is 19.7. The Morgan fingerprint density at radius 3 is 2.48 bits per heavy atom. The summed E-state index contributed by atoms with van der Waals surface area (Å²) >= 11 is 0. The van der Waals surface area contributed by atoms with Gasteiger partial charge in [0.2, 0.25) is 11.8 Å². The van der Waals surface area contributed by atoms with Crippen LogP contribution in [0.3, 0.4) is 0 Å². The minimum atomic E-state index is -0.551. The molecule has 4 nitrogen and oxygen atoms in total. The molecule has 4 heteroatoms. The van der Waals surface area contributed by atoms with E-state index in [9.17, 15) is 9.59 Å². The van der Waals surface area contributed by atoms with E-state index in [1.165, 1.54) is 5.56 Å². The zero-order valence-electron chi connectivity index (χ0n) is 17.4. The molecule has 2 aliphatic rings. The monoisotopic (exact) mass is 390 g/mol. The predicted molar refractivity (Wildman–Crippen MR) is 115 cm³/mol. The average Bonchev–Trinajstić information content (AvgIpc) is 3.48. The quantitative estimate of drug-likeness (QED) is 0.809. The van der Waals surface area contributed by atoms with Crippen LogP contribution >= 0.6 is 0 Å². The van der Waals surface area contributed by atoms with Crippen molar-refractivity contribution in [3.05, 3.63) is 60.2 Å². The van der Waals surface area contributed by atoms with Gasteiger partial charge in [0.1, 0.15) is 0 Å². The van der Waals surface area contributed by atoms with Crippen LogP contribution in [0.1, 0.15) is 38.7 Å². The molecule has 1 atom stereocenters. The lowest BCUT2D eigenvalue weighted by Crippen LogP contribution is -2.47. The Kier molecular flexibility index (Phi) is 5.44. The SMILES string of the molecule is CC(C)NC(=O)C1(Cc2cccc(-c3ccccc3)c2)CCN(C(=O)C2CC2)C1. The Morgan fingerprint density at radius 1 is 1.07 bits per heavy atom. The van der Waals surface area contributed by atoms with Gasteiger partial charge < -0.3 is 10.2 Å². The molecule has 1 saturated carbocycles. The highest BCUT2D eigenvalue weighted by Gasteiger charge is 2.48. The molecule has 0 radical (unpaired) electrons. The highest BCUT2D eigenvalue weighted by atomic mass is 16.2. The Hall–Kier alpha value is -2.62. The number of nitrogens with one attached hydrogen (secondary N) is 1. The second-order valence-corrected chi connectivity index (χ2v) is 8.94. The summed E-state index contributed by atoms with van der Waals surface area (Å²) in [6.45, 7) is 5.18. The van der Waals surface area contributed by atoms with Gasteiger partial charge in [-0.15, -0.1) is 0 Å². The van der Waals surface area contributed by atoms with Crippen molar-refractivity contribution in [1.29, 1.82) is 0 Å². The fourth-order valence-corrected chi connectivity index (χ4v) is 4.36. The average molecular weight is 391 g/mol. The van der Waals surface area contributed by atoms with E-state index < -0.39 is 5.41 Å². The minimum absolute atomic E-state index is 0.0729. The van der Waals surface area contributed by atoms with Gasteiger partial charge in [-0.3, -0.25) is 9.59 Å². The molecule has 2 aromatic rings. The number of rotatable bonds is 6. The number of benzene rings is 2. The van der Waals surface area contributed by atoms with Crippen molar-refractivity contribution < 1.29 is 9.59 Å². The van der Waals surface area contributed by atoms with Crippen LogP contribution in [0, 0.1) is 11.3 Å². The van der Waals surface area contributed by atoms with Crippen LogP contribution in [0.4, 0.5) is 0 Å². The zero-order valence-corrected chi connectivity index (χ0v) is 17.4. The maximum absolute atomic E-state index is 13.2. The van der Waals surface area contributed by atoms with E-state index in [0.29, 0.717) is 19.5 Å². The molecule has 2 aromatic carbocycles. The second kappa shape index (κ2) is 8.02. The molecular weight excluding hydrogens is 360 g/mol. The fraction of sp³-hybridized carbons (Fsp3) is 0.440. The van der Waals surface area contributed by atoms with Crippen LogP contribution in [-0.4, -0.2) is 35.8 Å². The molecule has 0 bridgehead atoms. The first-order valence-electron chi connectivity index (χ1n) is 10.7. The second-order valence-electron chi connectivity index (χ2n) is 8.94. The van der Waals surface area contributed by atoms with E-state index in [4.69, 9.17) is 0 Å². The summed E-state index contributed by atoms with van der Waals surface area (Å²) in [5.74, 6) is 0.506. The lowest BCUT2D eigenvalue weighted by atomic mass is 9.79. The molecule has 1 heterocycles. The number of carbonyl (C=O) groups excluding carboxylic acids is 2. The number of likely N-dealkylation sites (tertiary alicyclic amines) is 1. The first-order valence-corrected chi connectivity index (χ1v) is 10.7. The molecular formula is C25H30N2O2. The highest BCUT2D eigenvalue weighted by molar-refractivity contribution is 5.87. The third kappa shape index (κ3) is 4.36. The van der Waals surface area contributed by atoms with Gasteiger partial charge in [-0.25, -0.2) is 0 Å². The van der Waals surface area contributed by atoms with E-state index in [-0.39, 0.29) is 23.8 Å². The molecule has 152 valence electrons. The van der Waals surface area contributed by atoms with Crippen molar-refractivity contribution in [1.82, 2.24) is 10.2 Å². The van der Waals surface area contributed by atoms with Crippen LogP contribution < -0.4 is 5.32 Å². The molecule has 29 heavy (non-hydrogen) atoms. The zero-order chi connectivity index (χ0) is 20.4. The van der Waals surface area contributed by atoms with E-state index in [1.54, 1.807) is 0 Å². The van der Waals surface area contributed by atoms with Crippen molar-refractivity contribution in [3.8, 4) is 11.1 Å². The van der Waals surface area contributed by atoms with Crippen LogP contribution in [0.2, 0.25) is 0 Å². The number of nitrogens with zero attached hydrogens (tertiary/aromatic N) is 1. The first-order chi connectivity index (χ1) is 14.0. The van der Waals surface area contributed by atoms with Crippen molar-refractivity contribution in [3.63, 3.8) is 0 Å². The molecule has 1 unspecified atom stereocenters. The summed E-state index contributed by atoms with van der Waals surface area (Å²) in [7, 11) is 0. The molecule has 1 aliphatic carbocycles. The Morgan fingerprint density at radius 2 is 1.79 bits per heavy atom. The Balaban J connectivity index is 1.59. The fourth-order valence-electron chi connectivity index (χ4n) is 4.36. The van der Waals surface area contributed by atoms with Gasteiger partial charge >= 0.3 is 0 Å². The summed E-state index contributed by atoms with van der Waals surface area (Å²) in [5.41, 5.74) is 2.92. The maximum atomic E-state index is 13.2. The van der Waals surface area contributed by atoms with Gasteiger partial charge in [-0.05, 0) is 56.2 Å².